The van der Waals surface area contributed by atoms with E-state index in [0.717, 1.165) is 5.56 Å². The van der Waals surface area contributed by atoms with E-state index in [-0.39, 0.29) is 24.2 Å². The van der Waals surface area contributed by atoms with E-state index in [4.69, 9.17) is 5.11 Å². The summed E-state index contributed by atoms with van der Waals surface area (Å²) in [5.41, 5.74) is 2.07. The molecule has 1 atom stereocenters. The molecule has 0 radical (unpaired) electrons. The quantitative estimate of drug-likeness (QED) is 0.849. The number of rotatable bonds is 6. The highest BCUT2D eigenvalue weighted by atomic mass is 16.4. The van der Waals surface area contributed by atoms with Crippen molar-refractivity contribution in [3.8, 4) is 0 Å². The van der Waals surface area contributed by atoms with Crippen molar-refractivity contribution in [1.29, 1.82) is 0 Å². The van der Waals surface area contributed by atoms with Crippen LogP contribution < -0.4 is 5.32 Å². The Morgan fingerprint density at radius 1 is 1.17 bits per heavy atom. The summed E-state index contributed by atoms with van der Waals surface area (Å²) in [5, 5.41) is 18.7. The SMILES string of the molecule is CC(C)c1ccc(C(C)NC(=O)Cn2cc(C(=O)O)nn2)cc1. The molecule has 2 N–H and O–H groups in total. The normalized spacial score (nSPS) is 12.2. The van der Waals surface area contributed by atoms with Crippen molar-refractivity contribution in [3.63, 3.8) is 0 Å². The summed E-state index contributed by atoms with van der Waals surface area (Å²) < 4.78 is 1.20. The first kappa shape index (κ1) is 16.7. The van der Waals surface area contributed by atoms with Crippen LogP contribution >= 0.6 is 0 Å². The molecule has 0 saturated carbocycles. The summed E-state index contributed by atoms with van der Waals surface area (Å²) in [6, 6.07) is 7.96. The van der Waals surface area contributed by atoms with E-state index >= 15 is 0 Å². The fourth-order valence-corrected chi connectivity index (χ4v) is 2.16. The highest BCUT2D eigenvalue weighted by Gasteiger charge is 2.13. The highest BCUT2D eigenvalue weighted by Crippen LogP contribution is 2.18. The Kier molecular flexibility index (Phi) is 5.10. The zero-order chi connectivity index (χ0) is 17.0. The van der Waals surface area contributed by atoms with E-state index < -0.39 is 5.97 Å². The lowest BCUT2D eigenvalue weighted by molar-refractivity contribution is -0.122. The smallest absolute Gasteiger partial charge is 0.358 e. The Hall–Kier alpha value is -2.70. The maximum atomic E-state index is 12.0. The van der Waals surface area contributed by atoms with E-state index in [1.807, 2.05) is 19.1 Å². The van der Waals surface area contributed by atoms with Gasteiger partial charge < -0.3 is 10.4 Å². The number of carbonyl (C=O) groups is 2. The molecule has 0 saturated heterocycles. The third kappa shape index (κ3) is 4.38. The van der Waals surface area contributed by atoms with Gasteiger partial charge in [-0.2, -0.15) is 0 Å². The lowest BCUT2D eigenvalue weighted by Gasteiger charge is -2.15. The number of nitrogens with one attached hydrogen (secondary N) is 1. The Labute approximate surface area is 134 Å². The molecule has 1 unspecified atom stereocenters. The second kappa shape index (κ2) is 7.04. The zero-order valence-corrected chi connectivity index (χ0v) is 13.4. The standard InChI is InChI=1S/C16H20N4O3/c1-10(2)12-4-6-13(7-5-12)11(3)17-15(21)9-20-8-14(16(22)23)18-19-20/h4-8,10-11H,9H2,1-3H3,(H,17,21)(H,22,23). The van der Waals surface area contributed by atoms with Gasteiger partial charge in [0, 0.05) is 0 Å². The van der Waals surface area contributed by atoms with Gasteiger partial charge in [-0.25, -0.2) is 9.48 Å². The van der Waals surface area contributed by atoms with Gasteiger partial charge >= 0.3 is 5.97 Å². The molecular formula is C16H20N4O3. The molecule has 7 nitrogen and oxygen atoms in total. The number of aromatic nitrogens is 3. The van der Waals surface area contributed by atoms with Gasteiger partial charge in [0.15, 0.2) is 5.69 Å². The molecule has 0 fully saturated rings. The average Bonchev–Trinajstić information content (AvgIpc) is 2.95. The van der Waals surface area contributed by atoms with Crippen LogP contribution in [0.4, 0.5) is 0 Å². The van der Waals surface area contributed by atoms with Gasteiger partial charge in [0.25, 0.3) is 0 Å². The molecule has 2 rings (SSSR count). The number of benzene rings is 1. The summed E-state index contributed by atoms with van der Waals surface area (Å²) in [6.07, 6.45) is 1.23. The molecule has 7 heteroatoms. The first-order chi connectivity index (χ1) is 10.9. The van der Waals surface area contributed by atoms with Gasteiger partial charge in [-0.15, -0.1) is 5.10 Å². The fourth-order valence-electron chi connectivity index (χ4n) is 2.16. The third-order valence-electron chi connectivity index (χ3n) is 3.54. The van der Waals surface area contributed by atoms with Gasteiger partial charge in [0.05, 0.1) is 12.2 Å². The first-order valence-corrected chi connectivity index (χ1v) is 7.39. The van der Waals surface area contributed by atoms with Crippen molar-refractivity contribution in [2.75, 3.05) is 0 Å². The van der Waals surface area contributed by atoms with E-state index in [9.17, 15) is 9.59 Å². The monoisotopic (exact) mass is 316 g/mol. The van der Waals surface area contributed by atoms with Gasteiger partial charge in [-0.1, -0.05) is 43.3 Å². The van der Waals surface area contributed by atoms with Crippen molar-refractivity contribution in [3.05, 3.63) is 47.3 Å². The van der Waals surface area contributed by atoms with Crippen molar-refractivity contribution < 1.29 is 14.7 Å². The average molecular weight is 316 g/mol. The molecule has 23 heavy (non-hydrogen) atoms. The Balaban J connectivity index is 1.94. The van der Waals surface area contributed by atoms with Crippen LogP contribution in [0, 0.1) is 0 Å². The molecule has 1 aromatic heterocycles. The number of carbonyl (C=O) groups excluding carboxylic acids is 1. The summed E-state index contributed by atoms with van der Waals surface area (Å²) in [7, 11) is 0. The largest absolute Gasteiger partial charge is 0.476 e. The van der Waals surface area contributed by atoms with Crippen molar-refractivity contribution in [2.24, 2.45) is 0 Å². The van der Waals surface area contributed by atoms with E-state index in [1.54, 1.807) is 0 Å². The van der Waals surface area contributed by atoms with Crippen LogP contribution in [0.2, 0.25) is 0 Å². The molecule has 0 bridgehead atoms. The lowest BCUT2D eigenvalue weighted by Crippen LogP contribution is -2.30. The second-order valence-electron chi connectivity index (χ2n) is 5.72. The van der Waals surface area contributed by atoms with E-state index in [0.29, 0.717) is 5.92 Å². The van der Waals surface area contributed by atoms with Crippen LogP contribution in [-0.2, 0) is 11.3 Å². The van der Waals surface area contributed by atoms with Crippen LogP contribution in [0.15, 0.2) is 30.5 Å². The fraction of sp³-hybridized carbons (Fsp3) is 0.375. The predicted octanol–water partition coefficient (Wildman–Crippen LogP) is 1.98. The number of amides is 1. The third-order valence-corrected chi connectivity index (χ3v) is 3.54. The summed E-state index contributed by atoms with van der Waals surface area (Å²) in [4.78, 5) is 22.7. The zero-order valence-electron chi connectivity index (χ0n) is 13.4. The minimum atomic E-state index is -1.17. The minimum Gasteiger partial charge on any atom is -0.476 e. The van der Waals surface area contributed by atoms with Crippen LogP contribution in [0.5, 0.6) is 0 Å². The maximum absolute atomic E-state index is 12.0. The molecule has 122 valence electrons. The van der Waals surface area contributed by atoms with Gasteiger partial charge in [-0.3, -0.25) is 4.79 Å². The molecule has 0 aliphatic heterocycles. The molecule has 1 heterocycles. The highest BCUT2D eigenvalue weighted by molar-refractivity contribution is 5.84. The molecular weight excluding hydrogens is 296 g/mol. The minimum absolute atomic E-state index is 0.0747. The number of hydrogen-bond donors (Lipinski definition) is 2. The maximum Gasteiger partial charge on any atom is 0.358 e. The lowest BCUT2D eigenvalue weighted by atomic mass is 9.99. The molecule has 1 aromatic carbocycles. The Morgan fingerprint density at radius 3 is 2.30 bits per heavy atom. The van der Waals surface area contributed by atoms with Crippen molar-refractivity contribution >= 4 is 11.9 Å². The topological polar surface area (TPSA) is 97.1 Å². The number of carboxylic acids is 1. The van der Waals surface area contributed by atoms with Crippen molar-refractivity contribution in [2.45, 2.75) is 39.3 Å². The number of carboxylic acid groups (broad SMARTS) is 1. The first-order valence-electron chi connectivity index (χ1n) is 7.39. The number of hydrogen-bond acceptors (Lipinski definition) is 4. The van der Waals surface area contributed by atoms with Gasteiger partial charge in [-0.05, 0) is 24.0 Å². The van der Waals surface area contributed by atoms with E-state index in [2.05, 4.69) is 41.6 Å². The number of nitrogens with zero attached hydrogens (tertiary/aromatic N) is 3. The Bertz CT molecular complexity index is 692. The van der Waals surface area contributed by atoms with Crippen molar-refractivity contribution in [1.82, 2.24) is 20.3 Å². The summed E-state index contributed by atoms with van der Waals surface area (Å²) >= 11 is 0. The Morgan fingerprint density at radius 2 is 1.78 bits per heavy atom. The molecule has 0 spiro atoms. The van der Waals surface area contributed by atoms with Crippen LogP contribution in [-0.4, -0.2) is 32.0 Å². The van der Waals surface area contributed by atoms with Crippen LogP contribution in [0.1, 0.15) is 54.3 Å². The molecule has 0 aliphatic carbocycles. The van der Waals surface area contributed by atoms with E-state index in [1.165, 1.54) is 16.4 Å². The van der Waals surface area contributed by atoms with Crippen LogP contribution in [0.3, 0.4) is 0 Å². The summed E-state index contributed by atoms with van der Waals surface area (Å²) in [5.74, 6) is -0.966. The molecule has 1 amide bonds. The molecule has 2 aromatic rings. The van der Waals surface area contributed by atoms with Gasteiger partial charge in [0.2, 0.25) is 5.91 Å². The molecule has 0 aliphatic rings. The van der Waals surface area contributed by atoms with Crippen LogP contribution in [0.25, 0.3) is 0 Å². The predicted molar refractivity (Wildman–Crippen MR) is 84.1 cm³/mol. The van der Waals surface area contributed by atoms with Gasteiger partial charge in [0.1, 0.15) is 6.54 Å². The number of aromatic carboxylic acids is 1. The summed E-state index contributed by atoms with van der Waals surface area (Å²) in [6.45, 7) is 6.08. The second-order valence-corrected chi connectivity index (χ2v) is 5.72.